The quantitative estimate of drug-likeness (QED) is 0.588. The van der Waals surface area contributed by atoms with Gasteiger partial charge in [0, 0.05) is 0 Å². The molecule has 0 atom stereocenters. The maximum atomic E-state index is 11.6. The fourth-order valence-electron chi connectivity index (χ4n) is 1.30. The lowest BCUT2D eigenvalue weighted by Crippen LogP contribution is -3.11. The number of hydrogen-bond donors (Lipinski definition) is 1. The Labute approximate surface area is 96.8 Å². The van der Waals surface area contributed by atoms with E-state index in [2.05, 4.69) is 20.8 Å². The van der Waals surface area contributed by atoms with E-state index in [4.69, 9.17) is 0 Å². The molecule has 7 heteroatoms. The van der Waals surface area contributed by atoms with Crippen molar-refractivity contribution in [3.63, 3.8) is 0 Å². The van der Waals surface area contributed by atoms with Gasteiger partial charge in [0.15, 0.2) is 0 Å². The van der Waals surface area contributed by atoms with Crippen LogP contribution >= 0.6 is 0 Å². The Balaban J connectivity index is 0.000000325. The first-order chi connectivity index (χ1) is 7.55. The second-order valence-electron chi connectivity index (χ2n) is 3.78. The molecule has 0 aromatic heterocycles. The summed E-state index contributed by atoms with van der Waals surface area (Å²) in [4.78, 5) is 1.68. The molecule has 0 bridgehead atoms. The summed E-state index contributed by atoms with van der Waals surface area (Å²) in [6, 6.07) is 0. The third kappa shape index (κ3) is 3.26. The Morgan fingerprint density at radius 2 is 1.06 bits per heavy atom. The highest BCUT2D eigenvalue weighted by Crippen LogP contribution is 2.59. The first-order valence-corrected chi connectivity index (χ1v) is 5.39. The van der Waals surface area contributed by atoms with Crippen molar-refractivity contribution in [2.45, 2.75) is 38.5 Å². The Hall–Kier alpha value is -0.460. The van der Waals surface area contributed by atoms with Gasteiger partial charge >= 0.3 is 5.92 Å². The normalized spacial score (nSPS) is 23.6. The van der Waals surface area contributed by atoms with Gasteiger partial charge in [0.1, 0.15) is 0 Å². The van der Waals surface area contributed by atoms with Gasteiger partial charge in [-0.3, -0.25) is 0 Å². The van der Waals surface area contributed by atoms with Crippen LogP contribution in [-0.2, 0) is 0 Å². The van der Waals surface area contributed by atoms with Crippen LogP contribution in [0.3, 0.4) is 0 Å². The molecule has 0 heterocycles. The lowest BCUT2D eigenvalue weighted by molar-refractivity contribution is -0.894. The summed E-state index contributed by atoms with van der Waals surface area (Å²) >= 11 is 0. The van der Waals surface area contributed by atoms with Crippen molar-refractivity contribution in [3.05, 3.63) is 6.42 Å². The molecule has 1 saturated carbocycles. The summed E-state index contributed by atoms with van der Waals surface area (Å²) in [6.07, 6.45) is -0.958. The molecular weight excluding hydrogens is 248 g/mol. The average molecular weight is 265 g/mol. The summed E-state index contributed by atoms with van der Waals surface area (Å²) in [5.41, 5.74) is 0. The lowest BCUT2D eigenvalue weighted by Gasteiger charge is -2.53. The van der Waals surface area contributed by atoms with E-state index in [1.807, 2.05) is 0 Å². The molecule has 0 spiro atoms. The molecule has 0 aromatic carbocycles. The van der Waals surface area contributed by atoms with E-state index in [0.717, 1.165) is 0 Å². The van der Waals surface area contributed by atoms with Crippen molar-refractivity contribution >= 4 is 0 Å². The average Bonchev–Trinajstić information content (AvgIpc) is 2.19. The second-order valence-corrected chi connectivity index (χ2v) is 3.78. The molecule has 17 heavy (non-hydrogen) atoms. The van der Waals surface area contributed by atoms with Crippen LogP contribution < -0.4 is 4.90 Å². The highest BCUT2D eigenvalue weighted by atomic mass is 19.4. The smallest absolute Gasteiger partial charge is 0.315 e. The predicted molar refractivity (Wildman–Crippen MR) is 51.7 cm³/mol. The molecule has 0 amide bonds. The van der Waals surface area contributed by atoms with Crippen LogP contribution in [-0.4, -0.2) is 37.4 Å². The molecule has 1 aliphatic carbocycles. The molecule has 1 N–H and O–H groups in total. The Morgan fingerprint density at radius 1 is 0.765 bits per heavy atom. The van der Waals surface area contributed by atoms with Gasteiger partial charge in [0.05, 0.1) is 19.6 Å². The van der Waals surface area contributed by atoms with Crippen LogP contribution in [0, 0.1) is 6.42 Å². The van der Waals surface area contributed by atoms with Crippen molar-refractivity contribution in [2.24, 2.45) is 0 Å². The monoisotopic (exact) mass is 265 g/mol. The molecule has 0 aliphatic heterocycles. The van der Waals surface area contributed by atoms with E-state index in [1.165, 1.54) is 19.6 Å². The Bertz CT molecular complexity index is 215. The third-order valence-corrected chi connectivity index (χ3v) is 2.70. The first kappa shape index (κ1) is 16.5. The van der Waals surface area contributed by atoms with Gasteiger partial charge in [-0.05, 0) is 20.8 Å². The summed E-state index contributed by atoms with van der Waals surface area (Å²) in [5, 5.41) is 0. The fraction of sp³-hybridized carbons (Fsp3) is 0.900. The fourth-order valence-corrected chi connectivity index (χ4v) is 1.30. The van der Waals surface area contributed by atoms with Gasteiger partial charge in [0.25, 0.3) is 0 Å². The summed E-state index contributed by atoms with van der Waals surface area (Å²) < 4.78 is 69.2. The van der Waals surface area contributed by atoms with Crippen molar-refractivity contribution in [2.75, 3.05) is 19.6 Å². The molecule has 0 saturated heterocycles. The molecule has 104 valence electrons. The van der Waals surface area contributed by atoms with Gasteiger partial charge in [-0.25, -0.2) is 17.6 Å². The molecule has 0 unspecified atom stereocenters. The van der Waals surface area contributed by atoms with E-state index in [-0.39, 0.29) is 0 Å². The van der Waals surface area contributed by atoms with Crippen LogP contribution in [0.15, 0.2) is 0 Å². The molecule has 1 aliphatic rings. The van der Waals surface area contributed by atoms with Gasteiger partial charge < -0.3 is 4.90 Å². The van der Waals surface area contributed by atoms with Gasteiger partial charge in [-0.2, -0.15) is 15.2 Å². The predicted octanol–water partition coefficient (Wildman–Crippen LogP) is 2.04. The minimum absolute atomic E-state index is 0.958. The van der Waals surface area contributed by atoms with Crippen LogP contribution in [0.2, 0.25) is 0 Å². The Morgan fingerprint density at radius 3 is 1.06 bits per heavy atom. The Kier molecular flexibility index (Phi) is 5.31. The minimum atomic E-state index is -5.21. The number of halogens is 6. The van der Waals surface area contributed by atoms with Gasteiger partial charge in [-0.1, -0.05) is 0 Å². The van der Waals surface area contributed by atoms with Gasteiger partial charge in [-0.15, -0.1) is 0 Å². The van der Waals surface area contributed by atoms with E-state index >= 15 is 0 Å². The van der Waals surface area contributed by atoms with E-state index < -0.39 is 24.2 Å². The maximum Gasteiger partial charge on any atom is 0.315 e. The number of hydrogen-bond acceptors (Lipinski definition) is 0. The lowest BCUT2D eigenvalue weighted by atomic mass is 9.84. The van der Waals surface area contributed by atoms with E-state index in [9.17, 15) is 26.3 Å². The third-order valence-electron chi connectivity index (χ3n) is 2.70. The van der Waals surface area contributed by atoms with Crippen molar-refractivity contribution in [1.82, 2.24) is 0 Å². The van der Waals surface area contributed by atoms with Crippen LogP contribution in [0.4, 0.5) is 26.3 Å². The van der Waals surface area contributed by atoms with E-state index in [0.29, 0.717) is 0 Å². The zero-order valence-corrected chi connectivity index (χ0v) is 9.97. The molecule has 1 fully saturated rings. The zero-order valence-electron chi connectivity index (χ0n) is 9.97. The number of nitrogens with one attached hydrogen (secondary N) is 1. The topological polar surface area (TPSA) is 4.44 Å². The standard InChI is InChI=1S/C6H15N.C4HF6/c1-4-7(5-2)6-3;5-2(6)1-3(7,8)4(2,9)10/h4-6H2,1-3H3;1H/q;-1/p+1. The molecule has 1 nitrogen and oxygen atoms in total. The molecule has 0 aromatic rings. The van der Waals surface area contributed by atoms with Gasteiger partial charge in [0.2, 0.25) is 11.8 Å². The molecule has 1 rings (SSSR count). The highest BCUT2D eigenvalue weighted by molar-refractivity contribution is 5.23. The first-order valence-electron chi connectivity index (χ1n) is 5.39. The maximum absolute atomic E-state index is 11.6. The minimum Gasteiger partial charge on any atom is -0.336 e. The van der Waals surface area contributed by atoms with Crippen molar-refractivity contribution in [1.29, 1.82) is 0 Å². The van der Waals surface area contributed by atoms with Crippen LogP contribution in [0.25, 0.3) is 0 Å². The summed E-state index contributed by atoms with van der Waals surface area (Å²) in [5.74, 6) is -14.5. The molecular formula is C10H17F6N. The highest BCUT2D eigenvalue weighted by Gasteiger charge is 2.73. The van der Waals surface area contributed by atoms with Crippen LogP contribution in [0.5, 0.6) is 0 Å². The number of rotatable bonds is 3. The summed E-state index contributed by atoms with van der Waals surface area (Å²) in [7, 11) is 0. The van der Waals surface area contributed by atoms with Crippen LogP contribution in [0.1, 0.15) is 20.8 Å². The van der Waals surface area contributed by atoms with E-state index in [1.54, 1.807) is 4.90 Å². The molecule has 0 radical (unpaired) electrons. The number of quaternary nitrogens is 1. The SMILES string of the molecule is CC[NH+](CC)CC.FC1(F)[CH-]C(F)(F)C1(F)F. The van der Waals surface area contributed by atoms with Crippen molar-refractivity contribution in [3.8, 4) is 0 Å². The summed E-state index contributed by atoms with van der Waals surface area (Å²) in [6.45, 7) is 10.5. The van der Waals surface area contributed by atoms with Crippen molar-refractivity contribution < 1.29 is 31.2 Å². The largest absolute Gasteiger partial charge is 0.336 e. The second kappa shape index (κ2) is 5.46. The zero-order chi connectivity index (χ0) is 13.9. The number of alkyl halides is 6.